The van der Waals surface area contributed by atoms with Crippen LogP contribution in [0.3, 0.4) is 0 Å². The molecule has 1 amide bonds. The van der Waals surface area contributed by atoms with Crippen LogP contribution in [0.2, 0.25) is 0 Å². The molecule has 2 heterocycles. The first-order valence-corrected chi connectivity index (χ1v) is 10.7. The van der Waals surface area contributed by atoms with E-state index < -0.39 is 0 Å². The van der Waals surface area contributed by atoms with Gasteiger partial charge in [-0.1, -0.05) is 58.7 Å². The van der Waals surface area contributed by atoms with Crippen LogP contribution < -0.4 is 0 Å². The summed E-state index contributed by atoms with van der Waals surface area (Å²) in [4.78, 5) is 14.5. The van der Waals surface area contributed by atoms with Crippen LogP contribution in [0.5, 0.6) is 0 Å². The molecule has 1 aliphatic heterocycles. The van der Waals surface area contributed by atoms with Crippen molar-refractivity contribution in [2.45, 2.75) is 37.4 Å². The largest absolute Gasteiger partial charge is 0.342 e. The number of thioether (sulfide) groups is 1. The third kappa shape index (κ3) is 4.76. The lowest BCUT2D eigenvalue weighted by molar-refractivity contribution is -0.128. The molecule has 1 fully saturated rings. The predicted molar refractivity (Wildman–Crippen MR) is 109 cm³/mol. The summed E-state index contributed by atoms with van der Waals surface area (Å²) in [5.74, 6) is 1.38. The Morgan fingerprint density at radius 3 is 2.50 bits per heavy atom. The van der Waals surface area contributed by atoms with Crippen molar-refractivity contribution in [2.24, 2.45) is 0 Å². The first-order chi connectivity index (χ1) is 12.7. The average molecular weight is 435 g/mol. The number of amides is 1. The third-order valence-electron chi connectivity index (χ3n) is 4.41. The summed E-state index contributed by atoms with van der Waals surface area (Å²) in [5.41, 5.74) is 0.994. The lowest BCUT2D eigenvalue weighted by Crippen LogP contribution is -2.33. The van der Waals surface area contributed by atoms with Gasteiger partial charge in [0, 0.05) is 29.7 Å². The van der Waals surface area contributed by atoms with Gasteiger partial charge in [0.1, 0.15) is 0 Å². The minimum absolute atomic E-state index is 0.190. The number of rotatable bonds is 6. The molecule has 7 heteroatoms. The zero-order chi connectivity index (χ0) is 18.4. The lowest BCUT2D eigenvalue weighted by Gasteiger charge is -2.19. The number of carbonyl (C=O) groups is 1. The summed E-state index contributed by atoms with van der Waals surface area (Å²) in [6.45, 7) is 6.20. The Kier molecular flexibility index (Phi) is 6.91. The first kappa shape index (κ1) is 19.2. The van der Waals surface area contributed by atoms with E-state index in [2.05, 4.69) is 32.7 Å². The molecular formula is C19H23BrN4OS. The highest BCUT2D eigenvalue weighted by atomic mass is 79.9. The van der Waals surface area contributed by atoms with Crippen LogP contribution >= 0.6 is 27.7 Å². The van der Waals surface area contributed by atoms with Crippen LogP contribution in [0, 0.1) is 0 Å². The molecule has 2 aromatic rings. The molecule has 0 N–H and O–H groups in total. The van der Waals surface area contributed by atoms with E-state index in [1.165, 1.54) is 24.6 Å². The van der Waals surface area contributed by atoms with Crippen LogP contribution in [0.1, 0.15) is 25.7 Å². The Morgan fingerprint density at radius 1 is 1.15 bits per heavy atom. The number of allylic oxidation sites excluding steroid dienone is 1. The van der Waals surface area contributed by atoms with Crippen molar-refractivity contribution in [2.75, 3.05) is 18.8 Å². The van der Waals surface area contributed by atoms with Crippen molar-refractivity contribution >= 4 is 33.6 Å². The summed E-state index contributed by atoms with van der Waals surface area (Å²) < 4.78 is 3.03. The summed E-state index contributed by atoms with van der Waals surface area (Å²) in [6, 6.07) is 7.98. The SMILES string of the molecule is C=CCn1c(SCC(=O)N2CCCCCC2)nnc1-c1ccc(Br)cc1. The zero-order valence-corrected chi connectivity index (χ0v) is 17.1. The van der Waals surface area contributed by atoms with Crippen LogP contribution in [0.4, 0.5) is 0 Å². The van der Waals surface area contributed by atoms with Gasteiger partial charge in [0.2, 0.25) is 5.91 Å². The molecule has 0 saturated carbocycles. The lowest BCUT2D eigenvalue weighted by atomic mass is 10.2. The van der Waals surface area contributed by atoms with Gasteiger partial charge in [-0.05, 0) is 25.0 Å². The predicted octanol–water partition coefficient (Wildman–Crippen LogP) is 4.39. The summed E-state index contributed by atoms with van der Waals surface area (Å²) >= 11 is 4.91. The number of hydrogen-bond acceptors (Lipinski definition) is 4. The number of carbonyl (C=O) groups excluding carboxylic acids is 1. The minimum Gasteiger partial charge on any atom is -0.342 e. The molecule has 1 saturated heterocycles. The fourth-order valence-electron chi connectivity index (χ4n) is 3.04. The number of nitrogens with zero attached hydrogens (tertiary/aromatic N) is 4. The molecule has 138 valence electrons. The number of hydrogen-bond donors (Lipinski definition) is 0. The van der Waals surface area contributed by atoms with Gasteiger partial charge in [0.25, 0.3) is 0 Å². The summed E-state index contributed by atoms with van der Waals surface area (Å²) in [7, 11) is 0. The van der Waals surface area contributed by atoms with E-state index in [0.29, 0.717) is 12.3 Å². The molecular weight excluding hydrogens is 412 g/mol. The minimum atomic E-state index is 0.190. The van der Waals surface area contributed by atoms with Crippen molar-refractivity contribution in [1.29, 1.82) is 0 Å². The van der Waals surface area contributed by atoms with E-state index in [1.807, 2.05) is 39.8 Å². The van der Waals surface area contributed by atoms with Crippen molar-refractivity contribution < 1.29 is 4.79 Å². The number of benzene rings is 1. The number of aromatic nitrogens is 3. The van der Waals surface area contributed by atoms with Crippen molar-refractivity contribution in [3.8, 4) is 11.4 Å². The Labute approximate surface area is 167 Å². The second kappa shape index (κ2) is 9.37. The van der Waals surface area contributed by atoms with E-state index >= 15 is 0 Å². The Bertz CT molecular complexity index is 751. The maximum Gasteiger partial charge on any atom is 0.233 e. The van der Waals surface area contributed by atoms with Gasteiger partial charge in [-0.25, -0.2) is 0 Å². The monoisotopic (exact) mass is 434 g/mol. The molecule has 1 aromatic heterocycles. The second-order valence-electron chi connectivity index (χ2n) is 6.30. The van der Waals surface area contributed by atoms with Crippen molar-refractivity contribution in [3.63, 3.8) is 0 Å². The Hall–Kier alpha value is -1.60. The van der Waals surface area contributed by atoms with Gasteiger partial charge in [0.15, 0.2) is 11.0 Å². The molecule has 5 nitrogen and oxygen atoms in total. The van der Waals surface area contributed by atoms with Gasteiger partial charge in [0.05, 0.1) is 5.75 Å². The highest BCUT2D eigenvalue weighted by Crippen LogP contribution is 2.25. The molecule has 0 aliphatic carbocycles. The standard InChI is InChI=1S/C19H23BrN4OS/c1-2-11-24-18(15-7-9-16(20)10-8-15)21-22-19(24)26-14-17(25)23-12-5-3-4-6-13-23/h2,7-10H,1,3-6,11-14H2. The van der Waals surface area contributed by atoms with Gasteiger partial charge in [-0.15, -0.1) is 16.8 Å². The fourth-order valence-corrected chi connectivity index (χ4v) is 4.15. The van der Waals surface area contributed by atoms with E-state index in [-0.39, 0.29) is 5.91 Å². The summed E-state index contributed by atoms with van der Waals surface area (Å²) in [6.07, 6.45) is 6.49. The van der Waals surface area contributed by atoms with Gasteiger partial charge in [-0.2, -0.15) is 0 Å². The molecule has 0 bridgehead atoms. The van der Waals surface area contributed by atoms with Crippen LogP contribution in [-0.2, 0) is 11.3 Å². The van der Waals surface area contributed by atoms with Crippen LogP contribution in [0.25, 0.3) is 11.4 Å². The normalized spacial score (nSPS) is 14.9. The summed E-state index contributed by atoms with van der Waals surface area (Å²) in [5, 5.41) is 9.41. The maximum absolute atomic E-state index is 12.5. The quantitative estimate of drug-likeness (QED) is 0.499. The van der Waals surface area contributed by atoms with Crippen molar-refractivity contribution in [1.82, 2.24) is 19.7 Å². The first-order valence-electron chi connectivity index (χ1n) is 8.89. The van der Waals surface area contributed by atoms with E-state index in [0.717, 1.165) is 46.9 Å². The van der Waals surface area contributed by atoms with Gasteiger partial charge >= 0.3 is 0 Å². The molecule has 3 rings (SSSR count). The smallest absolute Gasteiger partial charge is 0.233 e. The third-order valence-corrected chi connectivity index (χ3v) is 5.89. The molecule has 1 aliphatic rings. The topological polar surface area (TPSA) is 51.0 Å². The van der Waals surface area contributed by atoms with Gasteiger partial charge in [-0.3, -0.25) is 9.36 Å². The zero-order valence-electron chi connectivity index (χ0n) is 14.7. The van der Waals surface area contributed by atoms with E-state index in [4.69, 9.17) is 0 Å². The van der Waals surface area contributed by atoms with E-state index in [9.17, 15) is 4.79 Å². The highest BCUT2D eigenvalue weighted by Gasteiger charge is 2.19. The maximum atomic E-state index is 12.5. The van der Waals surface area contributed by atoms with Crippen LogP contribution in [-0.4, -0.2) is 44.4 Å². The van der Waals surface area contributed by atoms with Gasteiger partial charge < -0.3 is 4.90 Å². The number of halogens is 1. The molecule has 0 radical (unpaired) electrons. The van der Waals surface area contributed by atoms with E-state index in [1.54, 1.807) is 0 Å². The highest BCUT2D eigenvalue weighted by molar-refractivity contribution is 9.10. The van der Waals surface area contributed by atoms with Crippen LogP contribution in [0.15, 0.2) is 46.5 Å². The molecule has 1 aromatic carbocycles. The Morgan fingerprint density at radius 2 is 1.85 bits per heavy atom. The molecule has 0 spiro atoms. The molecule has 0 unspecified atom stereocenters. The fraction of sp³-hybridized carbons (Fsp3) is 0.421. The second-order valence-corrected chi connectivity index (χ2v) is 8.15. The molecule has 0 atom stereocenters. The number of likely N-dealkylation sites (tertiary alicyclic amines) is 1. The molecule has 26 heavy (non-hydrogen) atoms. The van der Waals surface area contributed by atoms with Crippen molar-refractivity contribution in [3.05, 3.63) is 41.4 Å². The average Bonchev–Trinajstić information content (AvgIpc) is 2.86. The Balaban J connectivity index is 1.72.